The van der Waals surface area contributed by atoms with Crippen LogP contribution in [-0.4, -0.2) is 15.9 Å². The Balaban J connectivity index is 2.61. The van der Waals surface area contributed by atoms with E-state index >= 15 is 0 Å². The highest BCUT2D eigenvalue weighted by molar-refractivity contribution is 6.42. The minimum Gasteiger partial charge on any atom is -0.494 e. The summed E-state index contributed by atoms with van der Waals surface area (Å²) in [5.74, 6) is -0.278. The number of aromatic hydroxyl groups is 1. The van der Waals surface area contributed by atoms with Crippen LogP contribution in [0.1, 0.15) is 16.7 Å². The quantitative estimate of drug-likeness (QED) is 0.660. The molecule has 0 spiro atoms. The van der Waals surface area contributed by atoms with Crippen LogP contribution in [0.4, 0.5) is 5.69 Å². The lowest BCUT2D eigenvalue weighted by atomic mass is 10.1. The van der Waals surface area contributed by atoms with Gasteiger partial charge in [-0.2, -0.15) is 5.26 Å². The summed E-state index contributed by atoms with van der Waals surface area (Å²) < 4.78 is 1.06. The van der Waals surface area contributed by atoms with Gasteiger partial charge in [-0.15, -0.1) is 6.58 Å². The molecular formula is C17H13Cl2N3O2. The predicted octanol–water partition coefficient (Wildman–Crippen LogP) is 3.98. The van der Waals surface area contributed by atoms with Crippen LogP contribution >= 0.6 is 23.2 Å². The van der Waals surface area contributed by atoms with Crippen molar-refractivity contribution in [2.24, 2.45) is 4.99 Å². The normalized spacial score (nSPS) is 10.8. The summed E-state index contributed by atoms with van der Waals surface area (Å²) in [6, 6.07) is 6.69. The molecule has 1 heterocycles. The van der Waals surface area contributed by atoms with Crippen molar-refractivity contribution in [1.82, 2.24) is 4.57 Å². The Morgan fingerprint density at radius 1 is 1.42 bits per heavy atom. The topological polar surface area (TPSA) is 78.4 Å². The number of hydrogen-bond acceptors (Lipinski definition) is 4. The minimum absolute atomic E-state index is 0.0507. The van der Waals surface area contributed by atoms with Crippen LogP contribution < -0.4 is 5.56 Å². The first-order valence-corrected chi connectivity index (χ1v) is 7.62. The molecule has 5 nitrogen and oxygen atoms in total. The second-order valence-electron chi connectivity index (χ2n) is 4.91. The molecule has 0 amide bonds. The van der Waals surface area contributed by atoms with Crippen molar-refractivity contribution < 1.29 is 5.11 Å². The summed E-state index contributed by atoms with van der Waals surface area (Å²) in [5, 5.41) is 20.3. The van der Waals surface area contributed by atoms with E-state index in [-0.39, 0.29) is 23.6 Å². The first-order valence-electron chi connectivity index (χ1n) is 6.87. The molecule has 2 rings (SSSR count). The van der Waals surface area contributed by atoms with Crippen LogP contribution in [0.15, 0.2) is 40.6 Å². The Hall–Kier alpha value is -2.55. The number of nitrogens with zero attached hydrogens (tertiary/aromatic N) is 3. The Morgan fingerprint density at radius 3 is 2.71 bits per heavy atom. The van der Waals surface area contributed by atoms with Gasteiger partial charge in [-0.1, -0.05) is 29.3 Å². The molecule has 0 unspecified atom stereocenters. The fraction of sp³-hybridized carbons (Fsp3) is 0.118. The van der Waals surface area contributed by atoms with E-state index in [9.17, 15) is 15.2 Å². The summed E-state index contributed by atoms with van der Waals surface area (Å²) in [5.41, 5.74) is 0.524. The smallest absolute Gasteiger partial charge is 0.271 e. The average molecular weight is 362 g/mol. The number of nitriles is 1. The summed E-state index contributed by atoms with van der Waals surface area (Å²) >= 11 is 11.8. The zero-order chi connectivity index (χ0) is 17.9. The molecule has 0 saturated heterocycles. The molecule has 1 N–H and O–H groups in total. The van der Waals surface area contributed by atoms with E-state index in [1.165, 1.54) is 12.3 Å². The standard InChI is InChI=1S/C17H13Cl2N3O2/c1-3-6-22-16(23)12(8-20)10(2)13(17(22)24)9-21-11-4-5-14(18)15(19)7-11/h3-5,7,9,24H,1,6H2,2H3. The Bertz CT molecular complexity index is 940. The molecule has 0 bridgehead atoms. The van der Waals surface area contributed by atoms with Gasteiger partial charge in [0, 0.05) is 12.8 Å². The Kier molecular flexibility index (Phi) is 5.45. The fourth-order valence-electron chi connectivity index (χ4n) is 2.13. The number of allylic oxidation sites excluding steroid dienone is 1. The molecule has 1 aromatic heterocycles. The van der Waals surface area contributed by atoms with Gasteiger partial charge in [-0.05, 0) is 30.7 Å². The summed E-state index contributed by atoms with van der Waals surface area (Å²) in [6.07, 6.45) is 2.83. The lowest BCUT2D eigenvalue weighted by Crippen LogP contribution is -2.24. The van der Waals surface area contributed by atoms with Gasteiger partial charge in [-0.25, -0.2) is 0 Å². The zero-order valence-corrected chi connectivity index (χ0v) is 14.3. The van der Waals surface area contributed by atoms with E-state index in [2.05, 4.69) is 11.6 Å². The molecule has 0 saturated carbocycles. The number of pyridine rings is 1. The molecule has 122 valence electrons. The molecule has 1 aromatic carbocycles. The lowest BCUT2D eigenvalue weighted by Gasteiger charge is -2.12. The number of aromatic nitrogens is 1. The highest BCUT2D eigenvalue weighted by Crippen LogP contribution is 2.27. The molecule has 0 aliphatic carbocycles. The third kappa shape index (κ3) is 3.35. The van der Waals surface area contributed by atoms with Crippen LogP contribution in [0.2, 0.25) is 10.0 Å². The number of hydrogen-bond donors (Lipinski definition) is 1. The highest BCUT2D eigenvalue weighted by Gasteiger charge is 2.17. The van der Waals surface area contributed by atoms with E-state index in [1.807, 2.05) is 6.07 Å². The van der Waals surface area contributed by atoms with Gasteiger partial charge < -0.3 is 5.11 Å². The van der Waals surface area contributed by atoms with Gasteiger partial charge in [0.2, 0.25) is 5.88 Å². The molecular weight excluding hydrogens is 349 g/mol. The monoisotopic (exact) mass is 361 g/mol. The van der Waals surface area contributed by atoms with E-state index in [0.717, 1.165) is 4.57 Å². The minimum atomic E-state index is -0.570. The van der Waals surface area contributed by atoms with Crippen LogP contribution in [0, 0.1) is 18.3 Å². The van der Waals surface area contributed by atoms with Crippen molar-refractivity contribution in [3.8, 4) is 11.9 Å². The van der Waals surface area contributed by atoms with E-state index < -0.39 is 5.56 Å². The molecule has 24 heavy (non-hydrogen) atoms. The summed E-state index contributed by atoms with van der Waals surface area (Å²) in [7, 11) is 0. The average Bonchev–Trinajstić information content (AvgIpc) is 2.55. The summed E-state index contributed by atoms with van der Waals surface area (Å²) in [4.78, 5) is 16.4. The van der Waals surface area contributed by atoms with Gasteiger partial charge in [0.05, 0.1) is 21.3 Å². The largest absolute Gasteiger partial charge is 0.494 e. The number of halogens is 2. The van der Waals surface area contributed by atoms with Crippen LogP contribution in [0.5, 0.6) is 5.88 Å². The van der Waals surface area contributed by atoms with Crippen molar-refractivity contribution in [1.29, 1.82) is 5.26 Å². The van der Waals surface area contributed by atoms with Gasteiger partial charge in [-0.3, -0.25) is 14.4 Å². The maximum Gasteiger partial charge on any atom is 0.271 e. The van der Waals surface area contributed by atoms with Crippen molar-refractivity contribution >= 4 is 35.1 Å². The van der Waals surface area contributed by atoms with Gasteiger partial charge in [0.15, 0.2) is 0 Å². The molecule has 0 atom stereocenters. The van der Waals surface area contributed by atoms with Crippen LogP contribution in [0.25, 0.3) is 0 Å². The maximum absolute atomic E-state index is 12.2. The van der Waals surface area contributed by atoms with Crippen LogP contribution in [0.3, 0.4) is 0 Å². The Labute approximate surface area is 148 Å². The fourth-order valence-corrected chi connectivity index (χ4v) is 2.42. The third-order valence-corrected chi connectivity index (χ3v) is 4.14. The zero-order valence-electron chi connectivity index (χ0n) is 12.8. The number of benzene rings is 1. The van der Waals surface area contributed by atoms with Crippen molar-refractivity contribution in [2.45, 2.75) is 13.5 Å². The van der Waals surface area contributed by atoms with Crippen LogP contribution in [-0.2, 0) is 6.54 Å². The third-order valence-electron chi connectivity index (χ3n) is 3.40. The molecule has 0 fully saturated rings. The van der Waals surface area contributed by atoms with E-state index in [1.54, 1.807) is 25.1 Å². The SMILES string of the molecule is C=CCn1c(O)c(C=Nc2ccc(Cl)c(Cl)c2)c(C)c(C#N)c1=O. The molecule has 0 radical (unpaired) electrons. The van der Waals surface area contributed by atoms with E-state index in [4.69, 9.17) is 23.2 Å². The van der Waals surface area contributed by atoms with Crippen molar-refractivity contribution in [3.63, 3.8) is 0 Å². The summed E-state index contributed by atoms with van der Waals surface area (Å²) in [6.45, 7) is 5.20. The highest BCUT2D eigenvalue weighted by atomic mass is 35.5. The lowest BCUT2D eigenvalue weighted by molar-refractivity contribution is 0.414. The Morgan fingerprint density at radius 2 is 2.12 bits per heavy atom. The molecule has 2 aromatic rings. The van der Waals surface area contributed by atoms with Gasteiger partial charge in [0.25, 0.3) is 5.56 Å². The first-order chi connectivity index (χ1) is 11.4. The number of aliphatic imine (C=N–C) groups is 1. The second kappa shape index (κ2) is 7.35. The number of rotatable bonds is 4. The van der Waals surface area contributed by atoms with Crippen molar-refractivity contribution in [3.05, 3.63) is 67.9 Å². The van der Waals surface area contributed by atoms with Crippen molar-refractivity contribution in [2.75, 3.05) is 0 Å². The van der Waals surface area contributed by atoms with Gasteiger partial charge in [0.1, 0.15) is 11.6 Å². The first kappa shape index (κ1) is 17.8. The molecule has 0 aliphatic rings. The maximum atomic E-state index is 12.2. The molecule has 7 heteroatoms. The molecule has 0 aliphatic heterocycles. The predicted molar refractivity (Wildman–Crippen MR) is 95.7 cm³/mol. The van der Waals surface area contributed by atoms with E-state index in [0.29, 0.717) is 21.3 Å². The van der Waals surface area contributed by atoms with Gasteiger partial charge >= 0.3 is 0 Å². The second-order valence-corrected chi connectivity index (χ2v) is 5.72.